The van der Waals surface area contributed by atoms with E-state index >= 15 is 0 Å². The minimum absolute atomic E-state index is 0.146. The van der Waals surface area contributed by atoms with Gasteiger partial charge in [-0.1, -0.05) is 0 Å². The summed E-state index contributed by atoms with van der Waals surface area (Å²) in [6, 6.07) is -0.146. The highest BCUT2D eigenvalue weighted by Gasteiger charge is 2.16. The lowest BCUT2D eigenvalue weighted by molar-refractivity contribution is 0.0582. The van der Waals surface area contributed by atoms with Crippen LogP contribution in [0.2, 0.25) is 0 Å². The molecular formula is C5H13NO. The summed E-state index contributed by atoms with van der Waals surface area (Å²) in [5.41, 5.74) is 4.60. The molecule has 0 fully saturated rings. The van der Waals surface area contributed by atoms with Gasteiger partial charge in [-0.25, -0.2) is 0 Å². The summed E-state index contributed by atoms with van der Waals surface area (Å²) in [6.45, 7) is 5.16. The van der Waals surface area contributed by atoms with Crippen LogP contribution >= 0.6 is 0 Å². The molecule has 0 unspecified atom stereocenters. The van der Waals surface area contributed by atoms with Crippen LogP contribution in [-0.4, -0.2) is 16.7 Å². The Labute approximate surface area is 44.3 Å². The first-order valence-electron chi connectivity index (χ1n) is 2.42. The largest absolute Gasteiger partial charge is 0.389 e. The second-order valence-electron chi connectivity index (χ2n) is 2.44. The van der Waals surface area contributed by atoms with E-state index < -0.39 is 5.60 Å². The Morgan fingerprint density at radius 2 is 1.71 bits per heavy atom. The zero-order valence-corrected chi connectivity index (χ0v) is 5.10. The molecule has 0 heterocycles. The Bertz CT molecular complexity index is 53.6. The molecule has 7 heavy (non-hydrogen) atoms. The van der Waals surface area contributed by atoms with Crippen LogP contribution < -0.4 is 5.73 Å². The molecular weight excluding hydrogens is 90.1 g/mol. The lowest BCUT2D eigenvalue weighted by Crippen LogP contribution is -2.40. The highest BCUT2D eigenvalue weighted by Crippen LogP contribution is 2.03. The zero-order valence-electron chi connectivity index (χ0n) is 5.10. The van der Waals surface area contributed by atoms with E-state index in [-0.39, 0.29) is 6.04 Å². The van der Waals surface area contributed by atoms with Crippen molar-refractivity contribution in [1.29, 1.82) is 0 Å². The first-order valence-corrected chi connectivity index (χ1v) is 2.42. The molecule has 0 aliphatic carbocycles. The average Bonchev–Trinajstić information content (AvgIpc) is 1.31. The molecule has 0 saturated heterocycles. The Morgan fingerprint density at radius 1 is 1.57 bits per heavy atom. The molecule has 0 rings (SSSR count). The second kappa shape index (κ2) is 1.80. The van der Waals surface area contributed by atoms with Gasteiger partial charge in [-0.05, 0) is 20.8 Å². The predicted octanol–water partition coefficient (Wildman–Crippen LogP) is 0.104. The van der Waals surface area contributed by atoms with Gasteiger partial charge in [0.05, 0.1) is 5.60 Å². The summed E-state index contributed by atoms with van der Waals surface area (Å²) in [6.07, 6.45) is 0. The van der Waals surface area contributed by atoms with Gasteiger partial charge >= 0.3 is 0 Å². The van der Waals surface area contributed by atoms with Crippen molar-refractivity contribution in [2.75, 3.05) is 0 Å². The number of hydrogen-bond acceptors (Lipinski definition) is 2. The lowest BCUT2D eigenvalue weighted by Gasteiger charge is -2.20. The van der Waals surface area contributed by atoms with Crippen molar-refractivity contribution in [3.05, 3.63) is 0 Å². The maximum absolute atomic E-state index is 8.97. The fourth-order valence-corrected chi connectivity index (χ4v) is 0. The molecule has 2 heteroatoms. The quantitative estimate of drug-likeness (QED) is 0.494. The predicted molar refractivity (Wildman–Crippen MR) is 29.9 cm³/mol. The maximum Gasteiger partial charge on any atom is 0.0739 e. The van der Waals surface area contributed by atoms with Crippen molar-refractivity contribution in [3.63, 3.8) is 0 Å². The lowest BCUT2D eigenvalue weighted by atomic mass is 10.0. The van der Waals surface area contributed by atoms with Crippen molar-refractivity contribution in [2.24, 2.45) is 5.73 Å². The van der Waals surface area contributed by atoms with E-state index in [1.807, 2.05) is 0 Å². The molecule has 0 amide bonds. The van der Waals surface area contributed by atoms with Gasteiger partial charge in [0.25, 0.3) is 0 Å². The van der Waals surface area contributed by atoms with Gasteiger partial charge in [0.2, 0.25) is 0 Å². The van der Waals surface area contributed by atoms with Crippen LogP contribution in [0, 0.1) is 0 Å². The van der Waals surface area contributed by atoms with Crippen LogP contribution in [0.4, 0.5) is 0 Å². The van der Waals surface area contributed by atoms with E-state index in [2.05, 4.69) is 0 Å². The van der Waals surface area contributed by atoms with E-state index in [1.54, 1.807) is 20.8 Å². The first-order chi connectivity index (χ1) is 2.94. The molecule has 0 bridgehead atoms. The van der Waals surface area contributed by atoms with E-state index in [0.29, 0.717) is 0 Å². The van der Waals surface area contributed by atoms with Gasteiger partial charge in [0.1, 0.15) is 0 Å². The van der Waals surface area contributed by atoms with Crippen LogP contribution in [0.15, 0.2) is 0 Å². The molecule has 0 aromatic rings. The third kappa shape index (κ3) is 2.60. The standard InChI is InChI=1S/C5H13NO/c1-4(6)5(2,3)7/h4,7H,6H2,1-3H3/t4-/m0/s1. The summed E-state index contributed by atoms with van der Waals surface area (Å²) >= 11 is 0. The van der Waals surface area contributed by atoms with E-state index in [1.165, 1.54) is 0 Å². The average molecular weight is 103 g/mol. The molecule has 0 radical (unpaired) electrons. The summed E-state index contributed by atoms with van der Waals surface area (Å²) < 4.78 is 0. The summed E-state index contributed by atoms with van der Waals surface area (Å²) in [7, 11) is 0. The monoisotopic (exact) mass is 103 g/mol. The molecule has 0 spiro atoms. The number of nitrogens with two attached hydrogens (primary N) is 1. The van der Waals surface area contributed by atoms with Crippen molar-refractivity contribution in [1.82, 2.24) is 0 Å². The molecule has 0 saturated carbocycles. The van der Waals surface area contributed by atoms with Gasteiger partial charge in [0, 0.05) is 6.04 Å². The van der Waals surface area contributed by atoms with Gasteiger partial charge in [0.15, 0.2) is 0 Å². The zero-order chi connectivity index (χ0) is 6.08. The summed E-state index contributed by atoms with van der Waals surface area (Å²) in [5.74, 6) is 0. The molecule has 0 aliphatic rings. The molecule has 1 atom stereocenters. The first kappa shape index (κ1) is 6.92. The van der Waals surface area contributed by atoms with Crippen molar-refractivity contribution in [3.8, 4) is 0 Å². The van der Waals surface area contributed by atoms with Crippen LogP contribution in [0.1, 0.15) is 20.8 Å². The van der Waals surface area contributed by atoms with Gasteiger partial charge < -0.3 is 10.8 Å². The molecule has 0 aliphatic heterocycles. The van der Waals surface area contributed by atoms with E-state index in [4.69, 9.17) is 10.8 Å². The Kier molecular flexibility index (Phi) is 1.78. The second-order valence-corrected chi connectivity index (χ2v) is 2.44. The fourth-order valence-electron chi connectivity index (χ4n) is 0. The van der Waals surface area contributed by atoms with Gasteiger partial charge in [-0.2, -0.15) is 0 Å². The Morgan fingerprint density at radius 3 is 1.71 bits per heavy atom. The summed E-state index contributed by atoms with van der Waals surface area (Å²) in [5, 5.41) is 8.97. The van der Waals surface area contributed by atoms with Crippen LogP contribution in [0.5, 0.6) is 0 Å². The van der Waals surface area contributed by atoms with Crippen molar-refractivity contribution in [2.45, 2.75) is 32.4 Å². The molecule has 0 aromatic heterocycles. The maximum atomic E-state index is 8.97. The van der Waals surface area contributed by atoms with Gasteiger partial charge in [-0.15, -0.1) is 0 Å². The molecule has 0 aromatic carbocycles. The highest BCUT2D eigenvalue weighted by atomic mass is 16.3. The number of hydrogen-bond donors (Lipinski definition) is 2. The smallest absolute Gasteiger partial charge is 0.0739 e. The topological polar surface area (TPSA) is 46.2 Å². The fraction of sp³-hybridized carbons (Fsp3) is 1.00. The minimum Gasteiger partial charge on any atom is -0.389 e. The molecule has 3 N–H and O–H groups in total. The highest BCUT2D eigenvalue weighted by molar-refractivity contribution is 4.74. The Balaban J connectivity index is 3.54. The number of aliphatic hydroxyl groups is 1. The number of rotatable bonds is 1. The van der Waals surface area contributed by atoms with E-state index in [9.17, 15) is 0 Å². The van der Waals surface area contributed by atoms with Gasteiger partial charge in [-0.3, -0.25) is 0 Å². The molecule has 2 nitrogen and oxygen atoms in total. The summed E-state index contributed by atoms with van der Waals surface area (Å²) in [4.78, 5) is 0. The molecule has 44 valence electrons. The third-order valence-corrected chi connectivity index (χ3v) is 1.11. The van der Waals surface area contributed by atoms with Crippen LogP contribution in [-0.2, 0) is 0 Å². The minimum atomic E-state index is -0.722. The van der Waals surface area contributed by atoms with Crippen molar-refractivity contribution >= 4 is 0 Å². The Hall–Kier alpha value is -0.0800. The SMILES string of the molecule is C[C@H](N)C(C)(C)O. The van der Waals surface area contributed by atoms with E-state index in [0.717, 1.165) is 0 Å². The van der Waals surface area contributed by atoms with Crippen LogP contribution in [0.3, 0.4) is 0 Å². The third-order valence-electron chi connectivity index (χ3n) is 1.11. The van der Waals surface area contributed by atoms with Crippen molar-refractivity contribution < 1.29 is 5.11 Å². The van der Waals surface area contributed by atoms with Crippen LogP contribution in [0.25, 0.3) is 0 Å². The normalized spacial score (nSPS) is 16.7.